The number of carbonyl (C=O) groups is 1. The monoisotopic (exact) mass is 262 g/mol. The number of rotatable bonds is 3. The van der Waals surface area contributed by atoms with Crippen LogP contribution < -0.4 is 5.32 Å². The number of hydrogen-bond donors (Lipinski definition) is 1. The van der Waals surface area contributed by atoms with E-state index in [-0.39, 0.29) is 16.1 Å². The quantitative estimate of drug-likeness (QED) is 0.831. The van der Waals surface area contributed by atoms with Crippen LogP contribution in [-0.2, 0) is 11.1 Å². The van der Waals surface area contributed by atoms with Gasteiger partial charge in [0.2, 0.25) is 0 Å². The first-order valence-corrected chi connectivity index (χ1v) is 6.00. The van der Waals surface area contributed by atoms with E-state index in [1.54, 1.807) is 12.1 Å². The van der Waals surface area contributed by atoms with E-state index < -0.39 is 17.0 Å². The van der Waals surface area contributed by atoms with Crippen molar-refractivity contribution < 1.29 is 13.6 Å². The minimum Gasteiger partial charge on any atom is -0.768 e. The number of anilines is 1. The molecule has 0 bridgehead atoms. The van der Waals surface area contributed by atoms with Crippen LogP contribution in [-0.4, -0.2) is 24.6 Å². The van der Waals surface area contributed by atoms with Crippen LogP contribution in [0.2, 0.25) is 0 Å². The lowest BCUT2D eigenvalue weighted by Gasteiger charge is -2.12. The van der Waals surface area contributed by atoms with Crippen LogP contribution >= 0.6 is 0 Å². The third-order valence-corrected chi connectivity index (χ3v) is 2.85. The van der Waals surface area contributed by atoms with E-state index in [4.69, 9.17) is 0 Å². The van der Waals surface area contributed by atoms with Crippen molar-refractivity contribution >= 4 is 22.7 Å². The van der Waals surface area contributed by atoms with Gasteiger partial charge in [0.15, 0.2) is 0 Å². The average Bonchev–Trinajstić information content (AvgIpc) is 2.40. The number of para-hydroxylation sites is 1. The molecule has 0 aliphatic carbocycles. The molecule has 1 unspecified atom stereocenters. The Balaban J connectivity index is 2.25. The third kappa shape index (κ3) is 2.76. The number of carbonyl (C=O) groups excluding carboxylic acids is 1. The Labute approximate surface area is 105 Å². The fourth-order valence-electron chi connectivity index (χ4n) is 1.33. The zero-order chi connectivity index (χ0) is 13.0. The summed E-state index contributed by atoms with van der Waals surface area (Å²) in [7, 11) is 0. The summed E-state index contributed by atoms with van der Waals surface area (Å²) in [5.41, 5.74) is 0.476. The molecule has 2 aromatic rings. The molecular weight excluding hydrogens is 254 g/mol. The molecule has 1 aromatic carbocycles. The van der Waals surface area contributed by atoms with E-state index in [9.17, 15) is 13.6 Å². The Kier molecular flexibility index (Phi) is 3.75. The molecule has 0 radical (unpaired) electrons. The first-order chi connectivity index (χ1) is 8.68. The summed E-state index contributed by atoms with van der Waals surface area (Å²) in [6.45, 7) is 0. The van der Waals surface area contributed by atoms with Gasteiger partial charge in [0, 0.05) is 17.3 Å². The maximum atomic E-state index is 11.8. The Morgan fingerprint density at radius 3 is 2.56 bits per heavy atom. The van der Waals surface area contributed by atoms with Crippen LogP contribution in [0.3, 0.4) is 0 Å². The maximum absolute atomic E-state index is 11.8. The lowest BCUT2D eigenvalue weighted by atomic mass is 10.3. The predicted octanol–water partition coefficient (Wildman–Crippen LogP) is 0.967. The summed E-state index contributed by atoms with van der Waals surface area (Å²) < 4.78 is 21.9. The van der Waals surface area contributed by atoms with Gasteiger partial charge in [-0.3, -0.25) is 9.00 Å². The smallest absolute Gasteiger partial charge is 0.258 e. The lowest BCUT2D eigenvalue weighted by Crippen LogP contribution is -2.14. The summed E-state index contributed by atoms with van der Waals surface area (Å²) in [6.07, 6.45) is 4.00. The molecule has 1 N–H and O–H groups in total. The molecule has 7 heteroatoms. The summed E-state index contributed by atoms with van der Waals surface area (Å²) in [4.78, 5) is 19.2. The fourth-order valence-corrected chi connectivity index (χ4v) is 1.81. The molecule has 0 aliphatic heterocycles. The van der Waals surface area contributed by atoms with Crippen molar-refractivity contribution in [2.45, 2.75) is 4.90 Å². The van der Waals surface area contributed by atoms with Crippen LogP contribution in [0.4, 0.5) is 5.69 Å². The highest BCUT2D eigenvalue weighted by atomic mass is 32.2. The molecule has 0 fully saturated rings. The van der Waals surface area contributed by atoms with Crippen LogP contribution in [0, 0.1) is 0 Å². The molecule has 0 saturated carbocycles. The highest BCUT2D eigenvalue weighted by molar-refractivity contribution is 7.79. The topological polar surface area (TPSA) is 95.0 Å². The van der Waals surface area contributed by atoms with Crippen molar-refractivity contribution in [1.82, 2.24) is 9.97 Å². The van der Waals surface area contributed by atoms with E-state index in [1.807, 2.05) is 0 Å². The summed E-state index contributed by atoms with van der Waals surface area (Å²) >= 11 is -2.41. The summed E-state index contributed by atoms with van der Waals surface area (Å²) in [5.74, 6) is -0.464. The van der Waals surface area contributed by atoms with Crippen LogP contribution in [0.25, 0.3) is 0 Å². The number of aromatic nitrogens is 2. The SMILES string of the molecule is O=C(Nc1ccccc1S(=O)[O-])c1cncnc1. The first-order valence-electron chi connectivity index (χ1n) is 4.93. The number of hydrogen-bond acceptors (Lipinski definition) is 5. The highest BCUT2D eigenvalue weighted by Gasteiger charge is 2.09. The van der Waals surface area contributed by atoms with E-state index in [0.717, 1.165) is 0 Å². The minimum absolute atomic E-state index is 0.0303. The van der Waals surface area contributed by atoms with Crippen LogP contribution in [0.5, 0.6) is 0 Å². The molecule has 18 heavy (non-hydrogen) atoms. The van der Waals surface area contributed by atoms with Crippen molar-refractivity contribution in [2.75, 3.05) is 5.32 Å². The predicted molar refractivity (Wildman–Crippen MR) is 63.6 cm³/mol. The zero-order valence-electron chi connectivity index (χ0n) is 9.07. The van der Waals surface area contributed by atoms with Crippen LogP contribution in [0.15, 0.2) is 47.9 Å². The molecule has 0 saturated heterocycles. The molecule has 1 atom stereocenters. The Bertz CT molecular complexity index is 589. The van der Waals surface area contributed by atoms with Gasteiger partial charge in [-0.05, 0) is 23.2 Å². The van der Waals surface area contributed by atoms with E-state index in [2.05, 4.69) is 15.3 Å². The normalized spacial score (nSPS) is 11.8. The Morgan fingerprint density at radius 1 is 1.22 bits per heavy atom. The van der Waals surface area contributed by atoms with E-state index in [0.29, 0.717) is 0 Å². The van der Waals surface area contributed by atoms with Gasteiger partial charge in [-0.1, -0.05) is 12.1 Å². The molecular formula is C11H8N3O3S-. The molecule has 1 heterocycles. The maximum Gasteiger partial charge on any atom is 0.258 e. The van der Waals surface area contributed by atoms with Gasteiger partial charge in [-0.15, -0.1) is 0 Å². The van der Waals surface area contributed by atoms with Crippen molar-refractivity contribution in [1.29, 1.82) is 0 Å². The zero-order valence-corrected chi connectivity index (χ0v) is 9.89. The number of amides is 1. The Morgan fingerprint density at radius 2 is 1.89 bits per heavy atom. The Hall–Kier alpha value is -2.12. The van der Waals surface area contributed by atoms with E-state index in [1.165, 1.54) is 30.9 Å². The summed E-state index contributed by atoms with van der Waals surface area (Å²) in [6, 6.07) is 6.12. The van der Waals surface area contributed by atoms with Gasteiger partial charge in [0.1, 0.15) is 6.33 Å². The second-order valence-corrected chi connectivity index (χ2v) is 4.22. The molecule has 0 spiro atoms. The van der Waals surface area contributed by atoms with Crippen LogP contribution in [0.1, 0.15) is 10.4 Å². The third-order valence-electron chi connectivity index (χ3n) is 2.14. The molecule has 92 valence electrons. The van der Waals surface area contributed by atoms with Crippen molar-refractivity contribution in [3.8, 4) is 0 Å². The molecule has 2 rings (SSSR count). The molecule has 1 aromatic heterocycles. The summed E-state index contributed by atoms with van der Waals surface area (Å²) in [5, 5.41) is 2.50. The number of nitrogens with one attached hydrogen (secondary N) is 1. The van der Waals surface area contributed by atoms with Crippen molar-refractivity contribution in [3.05, 3.63) is 48.5 Å². The van der Waals surface area contributed by atoms with E-state index >= 15 is 0 Å². The number of nitrogens with zero attached hydrogens (tertiary/aromatic N) is 2. The van der Waals surface area contributed by atoms with Gasteiger partial charge >= 0.3 is 0 Å². The lowest BCUT2D eigenvalue weighted by molar-refractivity contribution is 0.102. The van der Waals surface area contributed by atoms with Gasteiger partial charge in [0.05, 0.1) is 11.3 Å². The largest absolute Gasteiger partial charge is 0.768 e. The fraction of sp³-hybridized carbons (Fsp3) is 0. The van der Waals surface area contributed by atoms with Gasteiger partial charge in [-0.2, -0.15) is 0 Å². The van der Waals surface area contributed by atoms with Gasteiger partial charge < -0.3 is 9.87 Å². The standard InChI is InChI=1S/C11H9N3O3S/c15-11(8-5-12-7-13-6-8)14-9-3-1-2-4-10(9)18(16)17/h1-7H,(H,14,15)(H,16,17)/p-1. The first kappa shape index (κ1) is 12.3. The van der Waals surface area contributed by atoms with Crippen molar-refractivity contribution in [2.24, 2.45) is 0 Å². The van der Waals surface area contributed by atoms with Crippen molar-refractivity contribution in [3.63, 3.8) is 0 Å². The average molecular weight is 262 g/mol. The van der Waals surface area contributed by atoms with Gasteiger partial charge in [-0.25, -0.2) is 9.97 Å². The second-order valence-electron chi connectivity index (χ2n) is 3.31. The highest BCUT2D eigenvalue weighted by Crippen LogP contribution is 2.18. The molecule has 0 aliphatic rings. The second kappa shape index (κ2) is 5.48. The number of benzene rings is 1. The molecule has 1 amide bonds. The minimum atomic E-state index is -2.41. The van der Waals surface area contributed by atoms with Gasteiger partial charge in [0.25, 0.3) is 5.91 Å². The molecule has 6 nitrogen and oxygen atoms in total.